The molecular formula is C11H16N4O7. The van der Waals surface area contributed by atoms with E-state index in [-0.39, 0.29) is 5.82 Å². The first-order valence-corrected chi connectivity index (χ1v) is 6.35. The number of esters is 2. The van der Waals surface area contributed by atoms with Crippen molar-refractivity contribution < 1.29 is 33.6 Å². The molecule has 0 aliphatic carbocycles. The van der Waals surface area contributed by atoms with E-state index in [0.29, 0.717) is 0 Å². The number of aromatic nitrogens is 4. The van der Waals surface area contributed by atoms with Crippen LogP contribution < -0.4 is 0 Å². The van der Waals surface area contributed by atoms with E-state index in [1.54, 1.807) is 7.05 Å². The summed E-state index contributed by atoms with van der Waals surface area (Å²) < 4.78 is 15.7. The third-order valence-corrected chi connectivity index (χ3v) is 2.74. The lowest BCUT2D eigenvalue weighted by Gasteiger charge is -2.21. The fourth-order valence-electron chi connectivity index (χ4n) is 2.04. The molecule has 0 N–H and O–H groups in total. The van der Waals surface area contributed by atoms with Crippen molar-refractivity contribution in [2.24, 2.45) is 7.05 Å². The lowest BCUT2D eigenvalue weighted by Crippen LogP contribution is -2.38. The Bertz CT molecular complexity index is 548. The predicted molar refractivity (Wildman–Crippen MR) is 65.6 cm³/mol. The highest BCUT2D eigenvalue weighted by Gasteiger charge is 2.53. The highest BCUT2D eigenvalue weighted by atomic mass is 17.2. The van der Waals surface area contributed by atoms with Gasteiger partial charge in [-0.3, -0.25) is 9.59 Å². The second-order valence-corrected chi connectivity index (χ2v) is 4.47. The van der Waals surface area contributed by atoms with Crippen molar-refractivity contribution in [1.29, 1.82) is 0 Å². The summed E-state index contributed by atoms with van der Waals surface area (Å²) in [5.74, 6) is -1.02. The molecule has 0 radical (unpaired) electrons. The molecule has 1 aliphatic heterocycles. The molecule has 1 aromatic rings. The number of nitrogens with zero attached hydrogens (tertiary/aromatic N) is 4. The molecule has 1 saturated heterocycles. The zero-order valence-electron chi connectivity index (χ0n) is 12.5. The number of hydrogen-bond donors (Lipinski definition) is 0. The Kier molecular flexibility index (Phi) is 5.00. The highest BCUT2D eigenvalue weighted by molar-refractivity contribution is 5.67. The minimum absolute atomic E-state index is 0.177. The van der Waals surface area contributed by atoms with Crippen LogP contribution in [0.2, 0.25) is 0 Å². The van der Waals surface area contributed by atoms with Crippen molar-refractivity contribution in [1.82, 2.24) is 20.2 Å². The maximum Gasteiger partial charge on any atom is 0.305 e. The van der Waals surface area contributed by atoms with Crippen LogP contribution in [-0.4, -0.2) is 57.8 Å². The van der Waals surface area contributed by atoms with Gasteiger partial charge in [-0.15, -0.1) is 10.2 Å². The molecule has 2 heterocycles. The summed E-state index contributed by atoms with van der Waals surface area (Å²) >= 11 is 0. The van der Waals surface area contributed by atoms with Crippen molar-refractivity contribution in [2.75, 3.05) is 7.11 Å². The molecule has 0 saturated carbocycles. The third kappa shape index (κ3) is 3.55. The van der Waals surface area contributed by atoms with Crippen LogP contribution in [0.3, 0.4) is 0 Å². The van der Waals surface area contributed by atoms with Crippen LogP contribution in [0.5, 0.6) is 0 Å². The van der Waals surface area contributed by atoms with Gasteiger partial charge < -0.3 is 14.2 Å². The average molecular weight is 316 g/mol. The molecule has 122 valence electrons. The normalized spacial score (nSPS) is 27.6. The molecule has 1 aromatic heterocycles. The van der Waals surface area contributed by atoms with E-state index in [4.69, 9.17) is 19.1 Å². The van der Waals surface area contributed by atoms with E-state index >= 15 is 0 Å². The first kappa shape index (κ1) is 16.3. The van der Waals surface area contributed by atoms with E-state index in [1.165, 1.54) is 25.8 Å². The predicted octanol–water partition coefficient (Wildman–Crippen LogP) is -0.951. The molecule has 4 atom stereocenters. The fourth-order valence-corrected chi connectivity index (χ4v) is 2.04. The van der Waals surface area contributed by atoms with Gasteiger partial charge in [-0.25, -0.2) is 9.78 Å². The second-order valence-electron chi connectivity index (χ2n) is 4.47. The zero-order chi connectivity index (χ0) is 16.3. The van der Waals surface area contributed by atoms with Gasteiger partial charge in [0.2, 0.25) is 12.1 Å². The van der Waals surface area contributed by atoms with Gasteiger partial charge in [0.05, 0.1) is 14.2 Å². The number of rotatable bonds is 5. The first-order chi connectivity index (χ1) is 10.4. The largest absolute Gasteiger partial charge is 0.453 e. The van der Waals surface area contributed by atoms with Gasteiger partial charge in [0.1, 0.15) is 0 Å². The minimum atomic E-state index is -1.17. The van der Waals surface area contributed by atoms with Crippen molar-refractivity contribution >= 4 is 11.9 Å². The summed E-state index contributed by atoms with van der Waals surface area (Å²) in [5.41, 5.74) is 0. The molecule has 11 nitrogen and oxygen atoms in total. The van der Waals surface area contributed by atoms with Gasteiger partial charge in [-0.1, -0.05) is 0 Å². The quantitative estimate of drug-likeness (QED) is 0.381. The Morgan fingerprint density at radius 3 is 2.36 bits per heavy atom. The Balaban J connectivity index is 2.28. The smallest absolute Gasteiger partial charge is 0.305 e. The van der Waals surface area contributed by atoms with Crippen molar-refractivity contribution in [3.8, 4) is 0 Å². The van der Waals surface area contributed by atoms with Gasteiger partial charge in [0.15, 0.2) is 18.3 Å². The van der Waals surface area contributed by atoms with Crippen LogP contribution in [0, 0.1) is 0 Å². The Morgan fingerprint density at radius 2 is 1.86 bits per heavy atom. The van der Waals surface area contributed by atoms with E-state index in [0.717, 1.165) is 0 Å². The van der Waals surface area contributed by atoms with Gasteiger partial charge in [0, 0.05) is 13.8 Å². The summed E-state index contributed by atoms with van der Waals surface area (Å²) in [7, 11) is 2.86. The molecule has 11 heteroatoms. The lowest BCUT2D eigenvalue weighted by atomic mass is 10.1. The summed E-state index contributed by atoms with van der Waals surface area (Å²) in [5, 5.41) is 11.5. The molecular weight excluding hydrogens is 300 g/mol. The minimum Gasteiger partial charge on any atom is -0.453 e. The molecule has 2 rings (SSSR count). The number of carbonyl (C=O) groups excluding carboxylic acids is 2. The molecule has 0 bridgehead atoms. The summed E-state index contributed by atoms with van der Waals surface area (Å²) in [6.07, 6.45) is -4.02. The molecule has 3 unspecified atom stereocenters. The average Bonchev–Trinajstić information content (AvgIpc) is 2.96. The van der Waals surface area contributed by atoms with E-state index < -0.39 is 36.5 Å². The lowest BCUT2D eigenvalue weighted by molar-refractivity contribution is -0.324. The van der Waals surface area contributed by atoms with Gasteiger partial charge >= 0.3 is 11.9 Å². The highest BCUT2D eigenvalue weighted by Crippen LogP contribution is 2.36. The summed E-state index contributed by atoms with van der Waals surface area (Å²) in [6, 6.07) is 0. The Labute approximate surface area is 125 Å². The number of ether oxygens (including phenoxy) is 3. The Hall–Kier alpha value is -2.11. The zero-order valence-corrected chi connectivity index (χ0v) is 12.5. The Morgan fingerprint density at radius 1 is 1.18 bits per heavy atom. The van der Waals surface area contributed by atoms with Crippen LogP contribution in [0.25, 0.3) is 0 Å². The van der Waals surface area contributed by atoms with Crippen LogP contribution in [0.4, 0.5) is 0 Å². The van der Waals surface area contributed by atoms with Gasteiger partial charge in [0.25, 0.3) is 0 Å². The molecule has 0 aromatic carbocycles. The van der Waals surface area contributed by atoms with Crippen LogP contribution >= 0.6 is 0 Å². The molecule has 1 fully saturated rings. The maximum absolute atomic E-state index is 11.3. The summed E-state index contributed by atoms with van der Waals surface area (Å²) in [6.45, 7) is 2.41. The van der Waals surface area contributed by atoms with Gasteiger partial charge in [-0.05, 0) is 5.21 Å². The fraction of sp³-hybridized carbons (Fsp3) is 0.727. The number of tetrazole rings is 1. The molecule has 0 amide bonds. The monoisotopic (exact) mass is 316 g/mol. The maximum atomic E-state index is 11.3. The molecule has 1 aliphatic rings. The topological polar surface area (TPSA) is 124 Å². The van der Waals surface area contributed by atoms with E-state index in [1.807, 2.05) is 0 Å². The van der Waals surface area contributed by atoms with E-state index in [2.05, 4.69) is 20.3 Å². The second kappa shape index (κ2) is 6.77. The van der Waals surface area contributed by atoms with Crippen LogP contribution in [0.1, 0.15) is 25.8 Å². The third-order valence-electron chi connectivity index (χ3n) is 2.74. The van der Waals surface area contributed by atoms with E-state index in [9.17, 15) is 9.59 Å². The first-order valence-electron chi connectivity index (χ1n) is 6.35. The standard InChI is InChI=1S/C11H16N4O7/c1-5(16)19-9-7(22-18-4)8(10-12-14-15(3)13-10)21-11(9)20-6(2)17/h7-9,11H,1-4H3/t7?,8-,9?,11?/m0/s1. The van der Waals surface area contributed by atoms with Crippen molar-refractivity contribution in [3.63, 3.8) is 0 Å². The SMILES string of the molecule is COOC1C(OC(C)=O)C(OC(C)=O)O[C@@H]1c1nnn(C)n1. The number of aryl methyl sites for hydroxylation is 1. The van der Waals surface area contributed by atoms with Crippen molar-refractivity contribution in [2.45, 2.75) is 38.4 Å². The number of carbonyl (C=O) groups is 2. The van der Waals surface area contributed by atoms with Gasteiger partial charge in [-0.2, -0.15) is 4.80 Å². The molecule has 22 heavy (non-hydrogen) atoms. The van der Waals surface area contributed by atoms with Crippen LogP contribution in [-0.2, 0) is 40.6 Å². The van der Waals surface area contributed by atoms with Crippen LogP contribution in [0.15, 0.2) is 0 Å². The summed E-state index contributed by atoms with van der Waals surface area (Å²) in [4.78, 5) is 33.4. The van der Waals surface area contributed by atoms with Crippen molar-refractivity contribution in [3.05, 3.63) is 5.82 Å². The number of hydrogen-bond acceptors (Lipinski definition) is 10. The molecule has 0 spiro atoms.